The lowest BCUT2D eigenvalue weighted by Gasteiger charge is -2.11. The summed E-state index contributed by atoms with van der Waals surface area (Å²) in [6.45, 7) is 0.439. The Morgan fingerprint density at radius 1 is 1.17 bits per heavy atom. The molecule has 0 spiro atoms. The number of furan rings is 1. The Morgan fingerprint density at radius 3 is 2.57 bits per heavy atom. The zero-order valence-electron chi connectivity index (χ0n) is 12.8. The topological polar surface area (TPSA) is 92.4 Å². The maximum absolute atomic E-state index is 11.8. The summed E-state index contributed by atoms with van der Waals surface area (Å²) in [5, 5.41) is 20.4. The van der Waals surface area contributed by atoms with Gasteiger partial charge in [0.2, 0.25) is 23.3 Å². The molecule has 2 N–H and O–H groups in total. The van der Waals surface area contributed by atoms with Gasteiger partial charge < -0.3 is 24.1 Å². The lowest BCUT2D eigenvalue weighted by atomic mass is 10.1. The van der Waals surface area contributed by atoms with Crippen LogP contribution in [0.2, 0.25) is 0 Å². The predicted octanol–water partition coefficient (Wildman–Crippen LogP) is 2.50. The first-order valence-corrected chi connectivity index (χ1v) is 7.14. The number of anilines is 1. The van der Waals surface area contributed by atoms with E-state index in [9.17, 15) is 15.0 Å². The molecule has 1 saturated heterocycles. The van der Waals surface area contributed by atoms with E-state index in [1.165, 1.54) is 19.1 Å². The van der Waals surface area contributed by atoms with Crippen molar-refractivity contribution in [1.82, 2.24) is 0 Å². The highest BCUT2D eigenvalue weighted by atomic mass is 16.5. The van der Waals surface area contributed by atoms with E-state index in [0.717, 1.165) is 0 Å². The molecule has 23 heavy (non-hydrogen) atoms. The fraction of sp³-hybridized carbons (Fsp3) is 0.312. The molecule has 2 heterocycles. The van der Waals surface area contributed by atoms with Crippen molar-refractivity contribution in [2.75, 3.05) is 25.7 Å². The number of amides is 1. The van der Waals surface area contributed by atoms with Gasteiger partial charge in [0.05, 0.1) is 19.8 Å². The van der Waals surface area contributed by atoms with Gasteiger partial charge >= 0.3 is 0 Å². The van der Waals surface area contributed by atoms with Crippen molar-refractivity contribution in [3.8, 4) is 34.3 Å². The number of benzene rings is 1. The predicted molar refractivity (Wildman–Crippen MR) is 82.2 cm³/mol. The minimum Gasteiger partial charge on any atom is -0.502 e. The van der Waals surface area contributed by atoms with Crippen molar-refractivity contribution in [3.05, 3.63) is 18.2 Å². The minimum atomic E-state index is -0.458. The molecule has 1 amide bonds. The number of nitrogens with zero attached hydrogens (tertiary/aromatic N) is 1. The normalized spacial score (nSPS) is 14.3. The number of rotatable bonds is 4. The second kappa shape index (κ2) is 5.75. The van der Waals surface area contributed by atoms with Crippen LogP contribution in [-0.2, 0) is 4.79 Å². The van der Waals surface area contributed by atoms with Crippen LogP contribution >= 0.6 is 0 Å². The number of methoxy groups -OCH3 is 2. The first-order chi connectivity index (χ1) is 11.1. The zero-order valence-corrected chi connectivity index (χ0v) is 12.8. The third-order valence-corrected chi connectivity index (χ3v) is 3.81. The van der Waals surface area contributed by atoms with E-state index >= 15 is 0 Å². The SMILES string of the molecule is COc1ccc(OC)c(-c2oc(N3CCCC3=O)c(O)c2O)c1. The van der Waals surface area contributed by atoms with E-state index < -0.39 is 11.5 Å². The molecule has 7 heteroatoms. The molecule has 2 aromatic rings. The number of carbonyl (C=O) groups excluding carboxylic acids is 1. The molecule has 0 aliphatic carbocycles. The smallest absolute Gasteiger partial charge is 0.249 e. The standard InChI is InChI=1S/C16H17NO6/c1-21-9-5-6-11(22-2)10(8-9)15-13(19)14(20)16(23-15)17-7-3-4-12(17)18/h5-6,8,19-20H,3-4,7H2,1-2H3. The number of hydrogen-bond donors (Lipinski definition) is 2. The van der Waals surface area contributed by atoms with Gasteiger partial charge in [-0.15, -0.1) is 0 Å². The summed E-state index contributed by atoms with van der Waals surface area (Å²) in [6, 6.07) is 4.98. The summed E-state index contributed by atoms with van der Waals surface area (Å²) in [4.78, 5) is 13.2. The van der Waals surface area contributed by atoms with Crippen LogP contribution in [0.25, 0.3) is 11.3 Å². The summed E-state index contributed by atoms with van der Waals surface area (Å²) in [6.07, 6.45) is 1.07. The van der Waals surface area contributed by atoms with Gasteiger partial charge in [0.1, 0.15) is 11.5 Å². The molecule has 0 bridgehead atoms. The fourth-order valence-electron chi connectivity index (χ4n) is 2.62. The Bertz CT molecular complexity index is 751. The second-order valence-corrected chi connectivity index (χ2v) is 5.15. The molecule has 122 valence electrons. The molecular weight excluding hydrogens is 302 g/mol. The second-order valence-electron chi connectivity index (χ2n) is 5.15. The van der Waals surface area contributed by atoms with E-state index in [0.29, 0.717) is 36.4 Å². The van der Waals surface area contributed by atoms with Crippen molar-refractivity contribution < 1.29 is 28.9 Å². The maximum Gasteiger partial charge on any atom is 0.249 e. The van der Waals surface area contributed by atoms with Gasteiger partial charge in [-0.3, -0.25) is 9.69 Å². The zero-order chi connectivity index (χ0) is 16.6. The highest BCUT2D eigenvalue weighted by Crippen LogP contribution is 2.50. The monoisotopic (exact) mass is 319 g/mol. The highest BCUT2D eigenvalue weighted by molar-refractivity contribution is 5.96. The van der Waals surface area contributed by atoms with Crippen LogP contribution in [0.1, 0.15) is 12.8 Å². The van der Waals surface area contributed by atoms with Crippen molar-refractivity contribution in [3.63, 3.8) is 0 Å². The maximum atomic E-state index is 11.8. The highest BCUT2D eigenvalue weighted by Gasteiger charge is 2.32. The molecule has 1 fully saturated rings. The first kappa shape index (κ1) is 15.1. The lowest BCUT2D eigenvalue weighted by molar-refractivity contribution is -0.117. The van der Waals surface area contributed by atoms with E-state index in [1.54, 1.807) is 18.2 Å². The molecule has 0 unspecified atom stereocenters. The van der Waals surface area contributed by atoms with Crippen LogP contribution in [-0.4, -0.2) is 36.9 Å². The minimum absolute atomic E-state index is 0.0213. The summed E-state index contributed by atoms with van der Waals surface area (Å²) in [5.74, 6) is -0.105. The van der Waals surface area contributed by atoms with Crippen molar-refractivity contribution in [1.29, 1.82) is 0 Å². The number of hydrogen-bond acceptors (Lipinski definition) is 6. The van der Waals surface area contributed by atoms with Gasteiger partial charge in [0.15, 0.2) is 5.76 Å². The summed E-state index contributed by atoms with van der Waals surface area (Å²) < 4.78 is 16.0. The summed E-state index contributed by atoms with van der Waals surface area (Å²) in [7, 11) is 3.00. The van der Waals surface area contributed by atoms with E-state index in [-0.39, 0.29) is 17.6 Å². The molecule has 1 aromatic carbocycles. The van der Waals surface area contributed by atoms with Crippen LogP contribution in [0.15, 0.2) is 22.6 Å². The Morgan fingerprint density at radius 2 is 1.96 bits per heavy atom. The van der Waals surface area contributed by atoms with Gasteiger partial charge in [0, 0.05) is 13.0 Å². The van der Waals surface area contributed by atoms with E-state index in [4.69, 9.17) is 13.9 Å². The Hall–Kier alpha value is -2.83. The largest absolute Gasteiger partial charge is 0.502 e. The van der Waals surface area contributed by atoms with Crippen molar-refractivity contribution >= 4 is 11.8 Å². The van der Waals surface area contributed by atoms with E-state index in [2.05, 4.69) is 0 Å². The van der Waals surface area contributed by atoms with Crippen LogP contribution in [0, 0.1) is 0 Å². The van der Waals surface area contributed by atoms with Gasteiger partial charge in [0.25, 0.3) is 0 Å². The molecule has 1 aliphatic heterocycles. The van der Waals surface area contributed by atoms with Crippen LogP contribution in [0.3, 0.4) is 0 Å². The van der Waals surface area contributed by atoms with Gasteiger partial charge in [-0.05, 0) is 24.6 Å². The molecule has 3 rings (SSSR count). The third kappa shape index (κ3) is 2.44. The molecule has 0 atom stereocenters. The van der Waals surface area contributed by atoms with Gasteiger partial charge in [-0.25, -0.2) is 0 Å². The molecule has 1 aliphatic rings. The molecule has 1 aromatic heterocycles. The van der Waals surface area contributed by atoms with Crippen LogP contribution in [0.4, 0.5) is 5.88 Å². The number of aromatic hydroxyl groups is 2. The molecule has 0 radical (unpaired) electrons. The average molecular weight is 319 g/mol. The van der Waals surface area contributed by atoms with Gasteiger partial charge in [-0.2, -0.15) is 0 Å². The molecular formula is C16H17NO6. The Balaban J connectivity index is 2.12. The van der Waals surface area contributed by atoms with Crippen molar-refractivity contribution in [2.24, 2.45) is 0 Å². The summed E-state index contributed by atoms with van der Waals surface area (Å²) >= 11 is 0. The Kier molecular flexibility index (Phi) is 3.77. The number of ether oxygens (including phenoxy) is 2. The number of carbonyl (C=O) groups is 1. The van der Waals surface area contributed by atoms with Crippen molar-refractivity contribution in [2.45, 2.75) is 12.8 Å². The summed E-state index contributed by atoms with van der Waals surface area (Å²) in [5.41, 5.74) is 0.414. The Labute approximate surface area is 132 Å². The quantitative estimate of drug-likeness (QED) is 0.899. The molecule has 0 saturated carbocycles. The fourth-order valence-corrected chi connectivity index (χ4v) is 2.62. The first-order valence-electron chi connectivity index (χ1n) is 7.14. The van der Waals surface area contributed by atoms with Gasteiger partial charge in [-0.1, -0.05) is 0 Å². The third-order valence-electron chi connectivity index (χ3n) is 3.81. The van der Waals surface area contributed by atoms with E-state index in [1.807, 2.05) is 0 Å². The lowest BCUT2D eigenvalue weighted by Crippen LogP contribution is -2.23. The van der Waals surface area contributed by atoms with Crippen LogP contribution in [0.5, 0.6) is 23.0 Å². The van der Waals surface area contributed by atoms with Crippen LogP contribution < -0.4 is 14.4 Å². The average Bonchev–Trinajstić information content (AvgIpc) is 3.11. The molecule has 7 nitrogen and oxygen atoms in total.